The largest absolute Gasteiger partial charge is 0.396 e. The van der Waals surface area contributed by atoms with E-state index in [9.17, 15) is 5.11 Å². The number of anilines is 2. The highest BCUT2D eigenvalue weighted by Gasteiger charge is 2.24. The second-order valence-corrected chi connectivity index (χ2v) is 7.47. The molecule has 1 saturated carbocycles. The molecule has 122 valence electrons. The highest BCUT2D eigenvalue weighted by Crippen LogP contribution is 2.32. The van der Waals surface area contributed by atoms with E-state index in [4.69, 9.17) is 9.97 Å². The van der Waals surface area contributed by atoms with Crippen molar-refractivity contribution in [1.82, 2.24) is 9.97 Å². The first-order valence-corrected chi connectivity index (χ1v) is 8.58. The number of aliphatic hydroxyl groups is 1. The van der Waals surface area contributed by atoms with E-state index in [1.165, 1.54) is 25.7 Å². The molecule has 0 saturated heterocycles. The van der Waals surface area contributed by atoms with E-state index in [0.717, 1.165) is 42.4 Å². The van der Waals surface area contributed by atoms with Gasteiger partial charge in [-0.15, -0.1) is 0 Å². The Labute approximate surface area is 132 Å². The molecule has 0 amide bonds. The van der Waals surface area contributed by atoms with Crippen molar-refractivity contribution in [2.45, 2.75) is 64.8 Å². The van der Waals surface area contributed by atoms with Gasteiger partial charge in [0, 0.05) is 25.6 Å². The van der Waals surface area contributed by atoms with Crippen LogP contribution in [0.15, 0.2) is 0 Å². The normalized spacial score (nSPS) is 18.9. The molecule has 1 aromatic rings. The zero-order valence-corrected chi connectivity index (χ0v) is 13.8. The van der Waals surface area contributed by atoms with Gasteiger partial charge in [0.05, 0.1) is 11.4 Å². The molecule has 0 unspecified atom stereocenters. The van der Waals surface area contributed by atoms with Crippen LogP contribution in [0.25, 0.3) is 0 Å². The van der Waals surface area contributed by atoms with E-state index < -0.39 is 0 Å². The Morgan fingerprint density at radius 3 is 2.73 bits per heavy atom. The van der Waals surface area contributed by atoms with Crippen molar-refractivity contribution in [2.75, 3.05) is 23.8 Å². The molecule has 0 atom stereocenters. The van der Waals surface area contributed by atoms with Crippen LogP contribution >= 0.6 is 0 Å². The third-order valence-corrected chi connectivity index (χ3v) is 4.68. The first kappa shape index (κ1) is 15.5. The molecule has 0 aromatic carbocycles. The fourth-order valence-corrected chi connectivity index (χ4v) is 3.33. The van der Waals surface area contributed by atoms with Gasteiger partial charge in [-0.3, -0.25) is 0 Å². The fraction of sp³-hybridized carbons (Fsp3) is 0.765. The van der Waals surface area contributed by atoms with E-state index in [1.807, 2.05) is 0 Å². The van der Waals surface area contributed by atoms with Crippen molar-refractivity contribution in [3.05, 3.63) is 11.5 Å². The van der Waals surface area contributed by atoms with Crippen molar-refractivity contribution < 1.29 is 5.11 Å². The topological polar surface area (TPSA) is 70.1 Å². The molecule has 1 aliphatic carbocycles. The Balaban J connectivity index is 1.88. The monoisotopic (exact) mass is 304 g/mol. The number of rotatable bonds is 5. The standard InChI is InChI=1S/C17H28N4O/c1-17(2,11-22)10-14-20-13-8-5-9-18-15(13)16(21-14)19-12-6-3-4-7-12/h12,18,22H,3-11H2,1-2H3,(H,19,20,21). The van der Waals surface area contributed by atoms with Crippen LogP contribution in [-0.2, 0) is 12.8 Å². The predicted octanol–water partition coefficient (Wildman–Crippen LogP) is 2.75. The van der Waals surface area contributed by atoms with Crippen LogP contribution in [0, 0.1) is 5.41 Å². The second-order valence-electron chi connectivity index (χ2n) is 7.47. The van der Waals surface area contributed by atoms with E-state index >= 15 is 0 Å². The zero-order valence-electron chi connectivity index (χ0n) is 13.8. The van der Waals surface area contributed by atoms with Crippen molar-refractivity contribution in [3.8, 4) is 0 Å². The third-order valence-electron chi connectivity index (χ3n) is 4.68. The third kappa shape index (κ3) is 3.51. The summed E-state index contributed by atoms with van der Waals surface area (Å²) in [6, 6.07) is 0.543. The molecule has 5 heteroatoms. The first-order valence-electron chi connectivity index (χ1n) is 8.58. The number of hydrogen-bond acceptors (Lipinski definition) is 5. The Kier molecular flexibility index (Phi) is 4.52. The van der Waals surface area contributed by atoms with Gasteiger partial charge in [-0.1, -0.05) is 26.7 Å². The summed E-state index contributed by atoms with van der Waals surface area (Å²) < 4.78 is 0. The summed E-state index contributed by atoms with van der Waals surface area (Å²) in [5.41, 5.74) is 2.05. The highest BCUT2D eigenvalue weighted by atomic mass is 16.3. The molecular formula is C17H28N4O. The quantitative estimate of drug-likeness (QED) is 0.780. The van der Waals surface area contributed by atoms with Crippen molar-refractivity contribution >= 4 is 11.5 Å². The molecule has 3 N–H and O–H groups in total. The molecule has 3 rings (SSSR count). The molecule has 0 radical (unpaired) electrons. The lowest BCUT2D eigenvalue weighted by atomic mass is 9.90. The second kappa shape index (κ2) is 6.41. The van der Waals surface area contributed by atoms with Crippen LogP contribution in [0.5, 0.6) is 0 Å². The Bertz CT molecular complexity index is 524. The number of aliphatic hydroxyl groups excluding tert-OH is 1. The summed E-state index contributed by atoms with van der Waals surface area (Å²) >= 11 is 0. The average molecular weight is 304 g/mol. The smallest absolute Gasteiger partial charge is 0.153 e. The minimum absolute atomic E-state index is 0.150. The van der Waals surface area contributed by atoms with Crippen LogP contribution in [0.2, 0.25) is 0 Å². The number of aryl methyl sites for hydroxylation is 1. The van der Waals surface area contributed by atoms with Gasteiger partial charge in [0.2, 0.25) is 0 Å². The Morgan fingerprint density at radius 2 is 2.00 bits per heavy atom. The van der Waals surface area contributed by atoms with Gasteiger partial charge in [-0.25, -0.2) is 9.97 Å². The summed E-state index contributed by atoms with van der Waals surface area (Å²) in [6.45, 7) is 5.25. The summed E-state index contributed by atoms with van der Waals surface area (Å²) in [5, 5.41) is 16.6. The van der Waals surface area contributed by atoms with Gasteiger partial charge in [0.1, 0.15) is 5.82 Å². The SMILES string of the molecule is CC(C)(CO)Cc1nc2c(c(NC3CCCC3)n1)NCCC2. The van der Waals surface area contributed by atoms with Gasteiger partial charge in [0.25, 0.3) is 0 Å². The Hall–Kier alpha value is -1.36. The fourth-order valence-electron chi connectivity index (χ4n) is 3.33. The van der Waals surface area contributed by atoms with Crippen molar-refractivity contribution in [2.24, 2.45) is 5.41 Å². The maximum Gasteiger partial charge on any atom is 0.153 e. The molecule has 0 spiro atoms. The lowest BCUT2D eigenvalue weighted by Crippen LogP contribution is -2.25. The summed E-state index contributed by atoms with van der Waals surface area (Å²) in [5.74, 6) is 1.82. The molecular weight excluding hydrogens is 276 g/mol. The molecule has 1 fully saturated rings. The zero-order chi connectivity index (χ0) is 15.6. The van der Waals surface area contributed by atoms with Gasteiger partial charge in [-0.2, -0.15) is 0 Å². The highest BCUT2D eigenvalue weighted by molar-refractivity contribution is 5.68. The van der Waals surface area contributed by atoms with Crippen LogP contribution in [0.4, 0.5) is 11.5 Å². The summed E-state index contributed by atoms with van der Waals surface area (Å²) in [6.07, 6.45) is 7.92. The van der Waals surface area contributed by atoms with Crippen LogP contribution in [0.3, 0.4) is 0 Å². The predicted molar refractivity (Wildman–Crippen MR) is 89.3 cm³/mol. The lowest BCUT2D eigenvalue weighted by Gasteiger charge is -2.25. The average Bonchev–Trinajstić information content (AvgIpc) is 3.00. The number of nitrogens with one attached hydrogen (secondary N) is 2. The number of hydrogen-bond donors (Lipinski definition) is 3. The molecule has 1 aliphatic heterocycles. The molecule has 22 heavy (non-hydrogen) atoms. The minimum Gasteiger partial charge on any atom is -0.396 e. The van der Waals surface area contributed by atoms with E-state index in [2.05, 4.69) is 24.5 Å². The molecule has 1 aromatic heterocycles. The van der Waals surface area contributed by atoms with E-state index in [0.29, 0.717) is 12.5 Å². The molecule has 2 heterocycles. The van der Waals surface area contributed by atoms with E-state index in [1.54, 1.807) is 0 Å². The van der Waals surface area contributed by atoms with Gasteiger partial charge >= 0.3 is 0 Å². The van der Waals surface area contributed by atoms with Gasteiger partial charge in [0.15, 0.2) is 5.82 Å². The molecule has 2 aliphatic rings. The maximum absolute atomic E-state index is 9.51. The maximum atomic E-state index is 9.51. The first-order chi connectivity index (χ1) is 10.6. The number of fused-ring (bicyclic) bond motifs is 1. The number of nitrogens with zero attached hydrogens (tertiary/aromatic N) is 2. The van der Waals surface area contributed by atoms with Gasteiger partial charge in [-0.05, 0) is 31.1 Å². The van der Waals surface area contributed by atoms with Crippen molar-refractivity contribution in [1.29, 1.82) is 0 Å². The summed E-state index contributed by atoms with van der Waals surface area (Å²) in [7, 11) is 0. The van der Waals surface area contributed by atoms with Crippen LogP contribution in [-0.4, -0.2) is 34.3 Å². The Morgan fingerprint density at radius 1 is 1.23 bits per heavy atom. The van der Waals surface area contributed by atoms with E-state index in [-0.39, 0.29) is 12.0 Å². The molecule has 0 bridgehead atoms. The van der Waals surface area contributed by atoms with Crippen LogP contribution < -0.4 is 10.6 Å². The molecule has 5 nitrogen and oxygen atoms in total. The summed E-state index contributed by atoms with van der Waals surface area (Å²) in [4.78, 5) is 9.54. The van der Waals surface area contributed by atoms with Crippen molar-refractivity contribution in [3.63, 3.8) is 0 Å². The number of aromatic nitrogens is 2. The van der Waals surface area contributed by atoms with Crippen LogP contribution in [0.1, 0.15) is 57.5 Å². The minimum atomic E-state index is -0.180. The van der Waals surface area contributed by atoms with Gasteiger partial charge < -0.3 is 15.7 Å². The lowest BCUT2D eigenvalue weighted by molar-refractivity contribution is 0.157.